The highest BCUT2D eigenvalue weighted by Crippen LogP contribution is 2.33. The summed E-state index contributed by atoms with van der Waals surface area (Å²) in [5.41, 5.74) is 10.1. The Balaban J connectivity index is 2.20. The van der Waals surface area contributed by atoms with Gasteiger partial charge >= 0.3 is 5.97 Å². The van der Waals surface area contributed by atoms with Crippen LogP contribution < -0.4 is 5.73 Å². The maximum absolute atomic E-state index is 11.3. The van der Waals surface area contributed by atoms with Gasteiger partial charge in [-0.3, -0.25) is 0 Å². The number of fused-ring (bicyclic) bond motifs is 2. The predicted molar refractivity (Wildman–Crippen MR) is 50.8 cm³/mol. The first-order valence-corrected chi connectivity index (χ1v) is 4.84. The lowest BCUT2D eigenvalue weighted by atomic mass is 10.0. The topological polar surface area (TPSA) is 52.3 Å². The van der Waals surface area contributed by atoms with Gasteiger partial charge in [0.15, 0.2) is 0 Å². The SMILES string of the molecule is N[C@H]1CCc2cc3c(cc21)COC3=O. The molecule has 14 heavy (non-hydrogen) atoms. The monoisotopic (exact) mass is 189 g/mol. The van der Waals surface area contributed by atoms with Gasteiger partial charge in [-0.25, -0.2) is 4.79 Å². The number of hydrogen-bond acceptors (Lipinski definition) is 3. The highest BCUT2D eigenvalue weighted by molar-refractivity contribution is 5.93. The molecule has 2 N–H and O–H groups in total. The van der Waals surface area contributed by atoms with Crippen LogP contribution in [0.15, 0.2) is 12.1 Å². The molecular weight excluding hydrogens is 178 g/mol. The van der Waals surface area contributed by atoms with E-state index < -0.39 is 0 Å². The van der Waals surface area contributed by atoms with E-state index in [0.29, 0.717) is 6.61 Å². The number of carbonyl (C=O) groups is 1. The number of rotatable bonds is 0. The summed E-state index contributed by atoms with van der Waals surface area (Å²) >= 11 is 0. The van der Waals surface area contributed by atoms with Gasteiger partial charge in [0.25, 0.3) is 0 Å². The van der Waals surface area contributed by atoms with Gasteiger partial charge in [0.1, 0.15) is 6.61 Å². The van der Waals surface area contributed by atoms with E-state index in [0.717, 1.165) is 24.0 Å². The molecular formula is C11H11NO2. The molecule has 1 aliphatic carbocycles. The van der Waals surface area contributed by atoms with Crippen LogP contribution in [0.3, 0.4) is 0 Å². The van der Waals surface area contributed by atoms with Crippen molar-refractivity contribution in [2.75, 3.05) is 0 Å². The van der Waals surface area contributed by atoms with Crippen molar-refractivity contribution in [2.24, 2.45) is 5.73 Å². The minimum atomic E-state index is -0.191. The Bertz CT molecular complexity index is 426. The summed E-state index contributed by atoms with van der Waals surface area (Å²) < 4.78 is 4.96. The summed E-state index contributed by atoms with van der Waals surface area (Å²) in [5, 5.41) is 0. The molecule has 2 aliphatic rings. The Labute approximate surface area is 81.9 Å². The predicted octanol–water partition coefficient (Wildman–Crippen LogP) is 1.30. The Hall–Kier alpha value is -1.35. The average Bonchev–Trinajstić information content (AvgIpc) is 2.71. The van der Waals surface area contributed by atoms with Gasteiger partial charge in [-0.05, 0) is 36.1 Å². The number of cyclic esters (lactones) is 1. The summed E-state index contributed by atoms with van der Waals surface area (Å²) in [6.07, 6.45) is 1.98. The first-order valence-electron chi connectivity index (χ1n) is 4.84. The van der Waals surface area contributed by atoms with Crippen molar-refractivity contribution in [3.8, 4) is 0 Å². The second-order valence-electron chi connectivity index (χ2n) is 3.93. The molecule has 72 valence electrons. The fourth-order valence-corrected chi connectivity index (χ4v) is 2.27. The van der Waals surface area contributed by atoms with Crippen molar-refractivity contribution in [3.05, 3.63) is 34.4 Å². The standard InChI is InChI=1S/C11H11NO2/c12-10-2-1-6-3-9-7(4-8(6)10)5-14-11(9)13/h3-4,10H,1-2,5,12H2/t10-/m0/s1. The van der Waals surface area contributed by atoms with Gasteiger partial charge in [-0.1, -0.05) is 0 Å². The Morgan fingerprint density at radius 2 is 2.21 bits per heavy atom. The van der Waals surface area contributed by atoms with Crippen LogP contribution in [0.25, 0.3) is 0 Å². The van der Waals surface area contributed by atoms with Crippen molar-refractivity contribution in [3.63, 3.8) is 0 Å². The number of aryl methyl sites for hydroxylation is 1. The Kier molecular flexibility index (Phi) is 1.47. The van der Waals surface area contributed by atoms with Crippen LogP contribution in [0.5, 0.6) is 0 Å². The van der Waals surface area contributed by atoms with Gasteiger partial charge in [-0.15, -0.1) is 0 Å². The number of hydrogen-bond donors (Lipinski definition) is 1. The van der Waals surface area contributed by atoms with Crippen molar-refractivity contribution in [1.29, 1.82) is 0 Å². The van der Waals surface area contributed by atoms with Crippen molar-refractivity contribution < 1.29 is 9.53 Å². The molecule has 0 fully saturated rings. The van der Waals surface area contributed by atoms with Gasteiger partial charge in [0.05, 0.1) is 5.56 Å². The first kappa shape index (κ1) is 8.00. The zero-order chi connectivity index (χ0) is 9.71. The maximum atomic E-state index is 11.3. The molecule has 1 aromatic carbocycles. The second-order valence-corrected chi connectivity index (χ2v) is 3.93. The van der Waals surface area contributed by atoms with E-state index in [1.165, 1.54) is 11.1 Å². The summed E-state index contributed by atoms with van der Waals surface area (Å²) in [6.45, 7) is 0.411. The molecule has 0 spiro atoms. The maximum Gasteiger partial charge on any atom is 0.338 e. The quantitative estimate of drug-likeness (QED) is 0.626. The fraction of sp³-hybridized carbons (Fsp3) is 0.364. The molecule has 3 rings (SSSR count). The minimum Gasteiger partial charge on any atom is -0.457 e. The normalized spacial score (nSPS) is 23.2. The lowest BCUT2D eigenvalue weighted by molar-refractivity contribution is 0.0535. The van der Waals surface area contributed by atoms with E-state index in [1.807, 2.05) is 12.1 Å². The van der Waals surface area contributed by atoms with Crippen molar-refractivity contribution in [1.82, 2.24) is 0 Å². The van der Waals surface area contributed by atoms with E-state index in [1.54, 1.807) is 0 Å². The van der Waals surface area contributed by atoms with Gasteiger partial charge in [0.2, 0.25) is 0 Å². The number of nitrogens with two attached hydrogens (primary N) is 1. The van der Waals surface area contributed by atoms with Crippen LogP contribution in [-0.4, -0.2) is 5.97 Å². The largest absolute Gasteiger partial charge is 0.457 e. The van der Waals surface area contributed by atoms with E-state index in [-0.39, 0.29) is 12.0 Å². The molecule has 3 nitrogen and oxygen atoms in total. The van der Waals surface area contributed by atoms with Gasteiger partial charge < -0.3 is 10.5 Å². The second kappa shape index (κ2) is 2.58. The third kappa shape index (κ3) is 0.930. The van der Waals surface area contributed by atoms with Crippen LogP contribution in [0.4, 0.5) is 0 Å². The highest BCUT2D eigenvalue weighted by Gasteiger charge is 2.27. The molecule has 0 amide bonds. The third-order valence-electron chi connectivity index (χ3n) is 3.07. The average molecular weight is 189 g/mol. The van der Waals surface area contributed by atoms with Crippen LogP contribution in [0.2, 0.25) is 0 Å². The molecule has 0 unspecified atom stereocenters. The summed E-state index contributed by atoms with van der Waals surface area (Å²) in [7, 11) is 0. The number of esters is 1. The number of carbonyl (C=O) groups excluding carboxylic acids is 1. The molecule has 0 bridgehead atoms. The van der Waals surface area contributed by atoms with Crippen LogP contribution in [-0.2, 0) is 17.8 Å². The lowest BCUT2D eigenvalue weighted by Crippen LogP contribution is -2.05. The molecule has 1 aromatic rings. The third-order valence-corrected chi connectivity index (χ3v) is 3.07. The Morgan fingerprint density at radius 1 is 1.36 bits per heavy atom. The minimum absolute atomic E-state index is 0.144. The Morgan fingerprint density at radius 3 is 3.07 bits per heavy atom. The molecule has 1 atom stereocenters. The van der Waals surface area contributed by atoms with Crippen molar-refractivity contribution in [2.45, 2.75) is 25.5 Å². The first-order chi connectivity index (χ1) is 6.75. The van der Waals surface area contributed by atoms with E-state index in [4.69, 9.17) is 10.5 Å². The van der Waals surface area contributed by atoms with Crippen molar-refractivity contribution >= 4 is 5.97 Å². The number of ether oxygens (including phenoxy) is 1. The van der Waals surface area contributed by atoms with Crippen LogP contribution in [0, 0.1) is 0 Å². The molecule has 0 saturated heterocycles. The van der Waals surface area contributed by atoms with E-state index in [2.05, 4.69) is 0 Å². The summed E-state index contributed by atoms with van der Waals surface area (Å²) in [4.78, 5) is 11.3. The van der Waals surface area contributed by atoms with Gasteiger partial charge in [-0.2, -0.15) is 0 Å². The fourth-order valence-electron chi connectivity index (χ4n) is 2.27. The van der Waals surface area contributed by atoms with E-state index >= 15 is 0 Å². The molecule has 0 radical (unpaired) electrons. The van der Waals surface area contributed by atoms with Crippen LogP contribution >= 0.6 is 0 Å². The molecule has 3 heteroatoms. The molecule has 1 heterocycles. The smallest absolute Gasteiger partial charge is 0.338 e. The summed E-state index contributed by atoms with van der Waals surface area (Å²) in [6, 6.07) is 4.13. The number of benzene rings is 1. The van der Waals surface area contributed by atoms with E-state index in [9.17, 15) is 4.79 Å². The zero-order valence-corrected chi connectivity index (χ0v) is 7.75. The molecule has 1 aliphatic heterocycles. The van der Waals surface area contributed by atoms with Crippen LogP contribution in [0.1, 0.15) is 39.5 Å². The zero-order valence-electron chi connectivity index (χ0n) is 7.75. The van der Waals surface area contributed by atoms with Gasteiger partial charge in [0, 0.05) is 11.6 Å². The lowest BCUT2D eigenvalue weighted by Gasteiger charge is -2.05. The highest BCUT2D eigenvalue weighted by atomic mass is 16.5. The summed E-state index contributed by atoms with van der Waals surface area (Å²) in [5.74, 6) is -0.191. The molecule has 0 aromatic heterocycles. The molecule has 0 saturated carbocycles.